The van der Waals surface area contributed by atoms with Gasteiger partial charge in [0.2, 0.25) is 0 Å². The molecule has 0 saturated heterocycles. The summed E-state index contributed by atoms with van der Waals surface area (Å²) in [7, 11) is 0. The molecule has 0 fully saturated rings. The van der Waals surface area contributed by atoms with Gasteiger partial charge in [0.25, 0.3) is 0 Å². The van der Waals surface area contributed by atoms with Crippen LogP contribution < -0.4 is 5.32 Å². The van der Waals surface area contributed by atoms with Gasteiger partial charge in [-0.15, -0.1) is 0 Å². The highest BCUT2D eigenvalue weighted by Gasteiger charge is 2.20. The van der Waals surface area contributed by atoms with Crippen molar-refractivity contribution in [1.82, 2.24) is 10.2 Å². The van der Waals surface area contributed by atoms with Crippen LogP contribution in [0.1, 0.15) is 12.5 Å². The zero-order valence-electron chi connectivity index (χ0n) is 10.9. The Morgan fingerprint density at radius 3 is 2.35 bits per heavy atom. The molecule has 20 heavy (non-hydrogen) atoms. The Kier molecular flexibility index (Phi) is 5.98. The Morgan fingerprint density at radius 1 is 1.30 bits per heavy atom. The number of hydrogen-bond acceptors (Lipinski definition) is 4. The lowest BCUT2D eigenvalue weighted by atomic mass is 10.1. The molecule has 1 heterocycles. The van der Waals surface area contributed by atoms with Crippen LogP contribution in [0.4, 0.5) is 4.79 Å². The molecule has 7 nitrogen and oxygen atoms in total. The van der Waals surface area contributed by atoms with Crippen LogP contribution in [-0.2, 0) is 16.0 Å². The maximum atomic E-state index is 11.8. The Morgan fingerprint density at radius 2 is 1.90 bits per heavy atom. The molecule has 0 saturated carbocycles. The standard InChI is InChI=1S/C12H16N2O5S/c1-8(4-9-2-3-20-7-9)13-12(19)14(5-10(15)16)6-11(17)18/h2-3,7-8H,4-6H2,1H3,(H,13,19)(H,15,16)(H,17,18). The number of carboxylic acids is 2. The van der Waals surface area contributed by atoms with E-state index < -0.39 is 31.1 Å². The predicted molar refractivity (Wildman–Crippen MR) is 72.9 cm³/mol. The quantitative estimate of drug-likeness (QED) is 0.692. The van der Waals surface area contributed by atoms with E-state index in [2.05, 4.69) is 5.32 Å². The lowest BCUT2D eigenvalue weighted by Crippen LogP contribution is -2.48. The SMILES string of the molecule is CC(Cc1ccsc1)NC(=O)N(CC(=O)O)CC(=O)O. The van der Waals surface area contributed by atoms with E-state index >= 15 is 0 Å². The average Bonchev–Trinajstić information content (AvgIpc) is 2.79. The summed E-state index contributed by atoms with van der Waals surface area (Å²) in [6, 6.07) is 1.01. The smallest absolute Gasteiger partial charge is 0.323 e. The van der Waals surface area contributed by atoms with Crippen molar-refractivity contribution >= 4 is 29.3 Å². The summed E-state index contributed by atoms with van der Waals surface area (Å²) in [5.74, 6) is -2.52. The van der Waals surface area contributed by atoms with Crippen LogP contribution in [0.2, 0.25) is 0 Å². The van der Waals surface area contributed by atoms with Crippen LogP contribution in [0.3, 0.4) is 0 Å². The monoisotopic (exact) mass is 300 g/mol. The van der Waals surface area contributed by atoms with Gasteiger partial charge in [0, 0.05) is 6.04 Å². The number of rotatable bonds is 7. The first-order valence-corrected chi connectivity index (χ1v) is 6.83. The number of carbonyl (C=O) groups excluding carboxylic acids is 1. The van der Waals surface area contributed by atoms with Crippen molar-refractivity contribution in [3.8, 4) is 0 Å². The zero-order valence-corrected chi connectivity index (χ0v) is 11.7. The Labute approximate surface area is 119 Å². The molecule has 0 aromatic carbocycles. The molecule has 1 aromatic heterocycles. The molecule has 0 aliphatic rings. The van der Waals surface area contributed by atoms with Gasteiger partial charge in [0.1, 0.15) is 13.1 Å². The molecule has 0 radical (unpaired) electrons. The van der Waals surface area contributed by atoms with Crippen molar-refractivity contribution < 1.29 is 24.6 Å². The largest absolute Gasteiger partial charge is 0.480 e. The molecular weight excluding hydrogens is 284 g/mol. The molecule has 0 bridgehead atoms. The molecule has 0 spiro atoms. The summed E-state index contributed by atoms with van der Waals surface area (Å²) in [6.45, 7) is 0.474. The summed E-state index contributed by atoms with van der Waals surface area (Å²) in [6.07, 6.45) is 0.600. The lowest BCUT2D eigenvalue weighted by Gasteiger charge is -2.22. The number of nitrogens with one attached hydrogen (secondary N) is 1. The van der Waals surface area contributed by atoms with Crippen molar-refractivity contribution in [2.45, 2.75) is 19.4 Å². The lowest BCUT2D eigenvalue weighted by molar-refractivity contribution is -0.140. The van der Waals surface area contributed by atoms with E-state index in [-0.39, 0.29) is 6.04 Å². The van der Waals surface area contributed by atoms with Crippen LogP contribution in [0.25, 0.3) is 0 Å². The molecule has 8 heteroatoms. The minimum absolute atomic E-state index is 0.220. The fourth-order valence-corrected chi connectivity index (χ4v) is 2.32. The number of urea groups is 1. The van der Waals surface area contributed by atoms with Crippen molar-refractivity contribution in [2.75, 3.05) is 13.1 Å². The summed E-state index contributed by atoms with van der Waals surface area (Å²) >= 11 is 1.55. The highest BCUT2D eigenvalue weighted by atomic mass is 32.1. The molecule has 1 unspecified atom stereocenters. The Hall–Kier alpha value is -2.09. The van der Waals surface area contributed by atoms with Crippen LogP contribution in [0, 0.1) is 0 Å². The van der Waals surface area contributed by atoms with Crippen LogP contribution in [-0.4, -0.2) is 52.2 Å². The van der Waals surface area contributed by atoms with Gasteiger partial charge in [-0.2, -0.15) is 11.3 Å². The first-order chi connectivity index (χ1) is 9.38. The van der Waals surface area contributed by atoms with Crippen LogP contribution in [0.5, 0.6) is 0 Å². The number of thiophene rings is 1. The number of hydrogen-bond donors (Lipinski definition) is 3. The van der Waals surface area contributed by atoms with E-state index in [1.165, 1.54) is 0 Å². The van der Waals surface area contributed by atoms with Crippen molar-refractivity contribution in [3.63, 3.8) is 0 Å². The second-order valence-electron chi connectivity index (χ2n) is 4.33. The van der Waals surface area contributed by atoms with E-state index in [0.717, 1.165) is 10.5 Å². The first-order valence-electron chi connectivity index (χ1n) is 5.88. The number of aliphatic carboxylic acids is 2. The molecule has 110 valence electrons. The molecule has 0 aliphatic heterocycles. The zero-order chi connectivity index (χ0) is 15.1. The number of carboxylic acid groups (broad SMARTS) is 2. The second-order valence-corrected chi connectivity index (χ2v) is 5.11. The van der Waals surface area contributed by atoms with Gasteiger partial charge in [-0.25, -0.2) is 4.79 Å². The molecule has 1 atom stereocenters. The molecule has 2 amide bonds. The fraction of sp³-hybridized carbons (Fsp3) is 0.417. The third-order valence-electron chi connectivity index (χ3n) is 2.43. The predicted octanol–water partition coefficient (Wildman–Crippen LogP) is 0.860. The number of amides is 2. The van der Waals surface area contributed by atoms with E-state index in [0.29, 0.717) is 6.42 Å². The normalized spacial score (nSPS) is 11.7. The van der Waals surface area contributed by atoms with Crippen LogP contribution in [0.15, 0.2) is 16.8 Å². The van der Waals surface area contributed by atoms with E-state index in [4.69, 9.17) is 10.2 Å². The fourth-order valence-electron chi connectivity index (χ4n) is 1.64. The van der Waals surface area contributed by atoms with E-state index in [1.807, 2.05) is 16.8 Å². The second kappa shape index (κ2) is 7.49. The highest BCUT2D eigenvalue weighted by Crippen LogP contribution is 2.08. The highest BCUT2D eigenvalue weighted by molar-refractivity contribution is 7.07. The Balaban J connectivity index is 2.55. The van der Waals surface area contributed by atoms with E-state index in [1.54, 1.807) is 18.3 Å². The molecule has 1 rings (SSSR count). The van der Waals surface area contributed by atoms with Gasteiger partial charge < -0.3 is 20.4 Å². The maximum Gasteiger partial charge on any atom is 0.323 e. The summed E-state index contributed by atoms with van der Waals surface area (Å²) in [5.41, 5.74) is 1.06. The van der Waals surface area contributed by atoms with Crippen LogP contribution >= 0.6 is 11.3 Å². The van der Waals surface area contributed by atoms with Gasteiger partial charge in [0.05, 0.1) is 0 Å². The molecular formula is C12H16N2O5S. The minimum atomic E-state index is -1.26. The number of carbonyl (C=O) groups is 3. The van der Waals surface area contributed by atoms with Crippen molar-refractivity contribution in [1.29, 1.82) is 0 Å². The molecule has 1 aromatic rings. The first kappa shape index (κ1) is 16.0. The van der Waals surface area contributed by atoms with Gasteiger partial charge in [-0.05, 0) is 35.7 Å². The van der Waals surface area contributed by atoms with Gasteiger partial charge in [-0.1, -0.05) is 0 Å². The minimum Gasteiger partial charge on any atom is -0.480 e. The van der Waals surface area contributed by atoms with Crippen molar-refractivity contribution in [3.05, 3.63) is 22.4 Å². The molecule has 3 N–H and O–H groups in total. The summed E-state index contributed by atoms with van der Waals surface area (Å²) in [4.78, 5) is 33.8. The third kappa shape index (κ3) is 5.70. The van der Waals surface area contributed by atoms with Gasteiger partial charge in [0.15, 0.2) is 0 Å². The Bertz CT molecular complexity index is 458. The third-order valence-corrected chi connectivity index (χ3v) is 3.16. The average molecular weight is 300 g/mol. The number of nitrogens with zero attached hydrogens (tertiary/aromatic N) is 1. The summed E-state index contributed by atoms with van der Waals surface area (Å²) < 4.78 is 0. The van der Waals surface area contributed by atoms with Gasteiger partial charge >= 0.3 is 18.0 Å². The van der Waals surface area contributed by atoms with Gasteiger partial charge in [-0.3, -0.25) is 9.59 Å². The van der Waals surface area contributed by atoms with E-state index in [9.17, 15) is 14.4 Å². The maximum absolute atomic E-state index is 11.8. The molecule has 0 aliphatic carbocycles. The van der Waals surface area contributed by atoms with Crippen molar-refractivity contribution in [2.24, 2.45) is 0 Å². The summed E-state index contributed by atoms with van der Waals surface area (Å²) in [5, 5.41) is 23.8. The topological polar surface area (TPSA) is 107 Å².